The van der Waals surface area contributed by atoms with Crippen molar-refractivity contribution < 1.29 is 18.9 Å². The first-order valence-corrected chi connectivity index (χ1v) is 13.9. The van der Waals surface area contributed by atoms with E-state index in [0.29, 0.717) is 24.7 Å². The number of phosphoric ester groups is 1. The molecule has 4 rings (SSSR count). The van der Waals surface area contributed by atoms with Crippen LogP contribution in [0.15, 0.2) is 41.3 Å². The summed E-state index contributed by atoms with van der Waals surface area (Å²) in [7, 11) is -4.49. The molecule has 2 aromatic carbocycles. The lowest BCUT2D eigenvalue weighted by Crippen LogP contribution is -2.41. The standard InChI is InChI=1S/C25H34NO4PS/c1-17-4-3-5-18(2)24(17)32-15-19-6-7-21-13-22(9-8-20(21)12-19)23-10-11-25(26,14-23)16-30-31(27,28)29/h3-5,8-9,13,19,23H,6-7,10-12,14-16,26H2,1-2H3,(H2,27,28,29)/t19-,23+,25-/m1/s1. The lowest BCUT2D eigenvalue weighted by atomic mass is 9.82. The molecule has 2 aliphatic rings. The van der Waals surface area contributed by atoms with E-state index in [2.05, 4.69) is 50.2 Å². The fraction of sp³-hybridized carbons (Fsp3) is 0.520. The van der Waals surface area contributed by atoms with Gasteiger partial charge in [-0.2, -0.15) is 0 Å². The third-order valence-electron chi connectivity index (χ3n) is 7.07. The molecule has 3 atom stereocenters. The molecular weight excluding hydrogens is 441 g/mol. The smallest absolute Gasteiger partial charge is 0.323 e. The Morgan fingerprint density at radius 3 is 2.62 bits per heavy atom. The highest BCUT2D eigenvalue weighted by molar-refractivity contribution is 7.99. The number of fused-ring (bicyclic) bond motifs is 1. The first-order valence-electron chi connectivity index (χ1n) is 11.4. The van der Waals surface area contributed by atoms with Crippen molar-refractivity contribution >= 4 is 19.6 Å². The monoisotopic (exact) mass is 475 g/mol. The van der Waals surface area contributed by atoms with E-state index in [9.17, 15) is 4.57 Å². The summed E-state index contributed by atoms with van der Waals surface area (Å²) in [5.41, 5.74) is 12.7. The molecular formula is C25H34NO4PS. The molecule has 1 fully saturated rings. The second kappa shape index (κ2) is 9.61. The average Bonchev–Trinajstić information content (AvgIpc) is 3.14. The van der Waals surface area contributed by atoms with Crippen LogP contribution in [0.5, 0.6) is 0 Å². The summed E-state index contributed by atoms with van der Waals surface area (Å²) in [4.78, 5) is 19.4. The van der Waals surface area contributed by atoms with E-state index in [1.54, 1.807) is 0 Å². The van der Waals surface area contributed by atoms with E-state index in [4.69, 9.17) is 20.0 Å². The molecule has 0 bridgehead atoms. The van der Waals surface area contributed by atoms with Gasteiger partial charge >= 0.3 is 7.82 Å². The maximum absolute atomic E-state index is 11.0. The highest BCUT2D eigenvalue weighted by Crippen LogP contribution is 2.44. The van der Waals surface area contributed by atoms with Crippen LogP contribution in [0.25, 0.3) is 0 Å². The fourth-order valence-corrected chi connectivity index (χ4v) is 6.96. The van der Waals surface area contributed by atoms with Crippen LogP contribution in [0, 0.1) is 19.8 Å². The van der Waals surface area contributed by atoms with Gasteiger partial charge in [0.15, 0.2) is 0 Å². The Kier molecular flexibility index (Phi) is 7.21. The molecule has 0 aromatic heterocycles. The molecule has 174 valence electrons. The van der Waals surface area contributed by atoms with Crippen LogP contribution < -0.4 is 5.73 Å². The van der Waals surface area contributed by atoms with E-state index < -0.39 is 13.4 Å². The van der Waals surface area contributed by atoms with E-state index >= 15 is 0 Å². The minimum atomic E-state index is -4.49. The third kappa shape index (κ3) is 5.85. The van der Waals surface area contributed by atoms with Gasteiger partial charge in [0.2, 0.25) is 0 Å². The molecule has 2 aliphatic carbocycles. The summed E-state index contributed by atoms with van der Waals surface area (Å²) < 4.78 is 15.8. The Morgan fingerprint density at radius 1 is 1.16 bits per heavy atom. The Bertz CT molecular complexity index is 1000. The molecule has 2 aromatic rings. The lowest BCUT2D eigenvalue weighted by Gasteiger charge is -2.27. The zero-order chi connectivity index (χ0) is 22.9. The second-order valence-corrected chi connectivity index (χ2v) is 12.0. The zero-order valence-electron chi connectivity index (χ0n) is 18.9. The minimum absolute atomic E-state index is 0.0988. The van der Waals surface area contributed by atoms with Gasteiger partial charge in [-0.3, -0.25) is 4.52 Å². The van der Waals surface area contributed by atoms with Gasteiger partial charge < -0.3 is 15.5 Å². The van der Waals surface area contributed by atoms with Crippen molar-refractivity contribution in [2.24, 2.45) is 11.7 Å². The van der Waals surface area contributed by atoms with E-state index in [1.165, 1.54) is 39.1 Å². The van der Waals surface area contributed by atoms with Crippen LogP contribution in [0.4, 0.5) is 0 Å². The van der Waals surface area contributed by atoms with Crippen LogP contribution in [-0.4, -0.2) is 27.7 Å². The number of thioether (sulfide) groups is 1. The topological polar surface area (TPSA) is 92.8 Å². The van der Waals surface area contributed by atoms with Gasteiger partial charge in [-0.25, -0.2) is 4.57 Å². The number of rotatable bonds is 7. The van der Waals surface area contributed by atoms with Gasteiger partial charge in [0.1, 0.15) is 0 Å². The number of hydrogen-bond donors (Lipinski definition) is 3. The van der Waals surface area contributed by atoms with Crippen molar-refractivity contribution in [1.82, 2.24) is 0 Å². The largest absolute Gasteiger partial charge is 0.469 e. The maximum atomic E-state index is 11.0. The highest BCUT2D eigenvalue weighted by Gasteiger charge is 2.38. The summed E-state index contributed by atoms with van der Waals surface area (Å²) >= 11 is 2.00. The van der Waals surface area contributed by atoms with Gasteiger partial charge in [0, 0.05) is 16.2 Å². The molecule has 0 amide bonds. The van der Waals surface area contributed by atoms with Crippen molar-refractivity contribution in [3.8, 4) is 0 Å². The Labute approximate surface area is 195 Å². The van der Waals surface area contributed by atoms with E-state index in [1.807, 2.05) is 11.8 Å². The van der Waals surface area contributed by atoms with Crippen LogP contribution in [-0.2, 0) is 21.9 Å². The van der Waals surface area contributed by atoms with E-state index in [0.717, 1.165) is 25.0 Å². The van der Waals surface area contributed by atoms with Gasteiger partial charge in [0.05, 0.1) is 6.61 Å². The van der Waals surface area contributed by atoms with Crippen LogP contribution in [0.2, 0.25) is 0 Å². The van der Waals surface area contributed by atoms with Crippen LogP contribution in [0.3, 0.4) is 0 Å². The molecule has 0 aliphatic heterocycles. The van der Waals surface area contributed by atoms with Gasteiger partial charge in [-0.15, -0.1) is 11.8 Å². The Hall–Kier alpha value is -1.14. The molecule has 1 saturated carbocycles. The second-order valence-electron chi connectivity index (χ2n) is 9.74. The molecule has 0 radical (unpaired) electrons. The van der Waals surface area contributed by atoms with Crippen molar-refractivity contribution in [2.75, 3.05) is 12.4 Å². The van der Waals surface area contributed by atoms with Crippen LogP contribution in [0.1, 0.15) is 59.4 Å². The number of phosphoric acid groups is 1. The van der Waals surface area contributed by atoms with Crippen molar-refractivity contribution in [3.63, 3.8) is 0 Å². The summed E-state index contributed by atoms with van der Waals surface area (Å²) in [5.74, 6) is 2.18. The molecule has 0 heterocycles. The number of aryl methyl sites for hydroxylation is 3. The summed E-state index contributed by atoms with van der Waals surface area (Å²) in [6.07, 6.45) is 5.80. The van der Waals surface area contributed by atoms with Crippen molar-refractivity contribution in [3.05, 3.63) is 64.2 Å². The highest BCUT2D eigenvalue weighted by atomic mass is 32.2. The zero-order valence-corrected chi connectivity index (χ0v) is 20.6. The first-order chi connectivity index (χ1) is 15.1. The first kappa shape index (κ1) is 24.0. The summed E-state index contributed by atoms with van der Waals surface area (Å²) in [5, 5.41) is 0. The normalized spacial score (nSPS) is 25.7. The van der Waals surface area contributed by atoms with Gasteiger partial charge in [-0.1, -0.05) is 36.4 Å². The number of nitrogens with two attached hydrogens (primary N) is 1. The third-order valence-corrected chi connectivity index (χ3v) is 9.10. The SMILES string of the molecule is Cc1cccc(C)c1SC[C@@H]1CCc2cc([C@H]3CC[C@](N)(COP(=O)(O)O)C3)ccc2C1. The number of hydrogen-bond acceptors (Lipinski definition) is 4. The molecule has 4 N–H and O–H groups in total. The molecule has 32 heavy (non-hydrogen) atoms. The van der Waals surface area contributed by atoms with E-state index in [-0.39, 0.29) is 6.61 Å². The quantitative estimate of drug-likeness (QED) is 0.373. The van der Waals surface area contributed by atoms with Gasteiger partial charge in [0.25, 0.3) is 0 Å². The summed E-state index contributed by atoms with van der Waals surface area (Å²) in [6, 6.07) is 13.4. The van der Waals surface area contributed by atoms with Crippen molar-refractivity contribution in [1.29, 1.82) is 0 Å². The van der Waals surface area contributed by atoms with Crippen LogP contribution >= 0.6 is 19.6 Å². The van der Waals surface area contributed by atoms with Gasteiger partial charge in [-0.05, 0) is 92.0 Å². The molecule has 0 unspecified atom stereocenters. The Morgan fingerprint density at radius 2 is 1.91 bits per heavy atom. The average molecular weight is 476 g/mol. The van der Waals surface area contributed by atoms with Crippen molar-refractivity contribution in [2.45, 2.75) is 68.7 Å². The number of benzene rings is 2. The lowest BCUT2D eigenvalue weighted by molar-refractivity contribution is 0.153. The fourth-order valence-electron chi connectivity index (χ4n) is 5.26. The molecule has 5 nitrogen and oxygen atoms in total. The minimum Gasteiger partial charge on any atom is -0.323 e. The molecule has 0 saturated heterocycles. The maximum Gasteiger partial charge on any atom is 0.469 e. The summed E-state index contributed by atoms with van der Waals surface area (Å²) in [6.45, 7) is 4.30. The predicted molar refractivity (Wildman–Crippen MR) is 130 cm³/mol. The Balaban J connectivity index is 1.36. The molecule has 7 heteroatoms. The molecule has 0 spiro atoms. The predicted octanol–water partition coefficient (Wildman–Crippen LogP) is 5.27.